The van der Waals surface area contributed by atoms with Gasteiger partial charge in [0.1, 0.15) is 0 Å². The molecule has 2 heteroatoms. The Morgan fingerprint density at radius 2 is 1.24 bits per heavy atom. The van der Waals surface area contributed by atoms with Crippen molar-refractivity contribution in [2.75, 3.05) is 13.7 Å². The summed E-state index contributed by atoms with van der Waals surface area (Å²) in [5.74, 6) is 0. The number of hydrogen-bond acceptors (Lipinski definition) is 2. The molecule has 0 saturated heterocycles. The molecule has 0 radical (unpaired) electrons. The van der Waals surface area contributed by atoms with Gasteiger partial charge in [-0.2, -0.15) is 0 Å². The Morgan fingerprint density at radius 1 is 0.765 bits per heavy atom. The number of rotatable bonds is 3. The summed E-state index contributed by atoms with van der Waals surface area (Å²) in [6.45, 7) is 2.90. The van der Waals surface area contributed by atoms with E-state index in [1.54, 1.807) is 0 Å². The highest BCUT2D eigenvalue weighted by Crippen LogP contribution is 2.20. The van der Waals surface area contributed by atoms with Gasteiger partial charge in [0.25, 0.3) is 0 Å². The summed E-state index contributed by atoms with van der Waals surface area (Å²) in [4.78, 5) is 0. The van der Waals surface area contributed by atoms with Crippen LogP contribution in [0.4, 0.5) is 0 Å². The molecular formula is C15H30O2. The van der Waals surface area contributed by atoms with E-state index in [1.165, 1.54) is 64.2 Å². The van der Waals surface area contributed by atoms with Gasteiger partial charge in [0.15, 0.2) is 0 Å². The van der Waals surface area contributed by atoms with Crippen molar-refractivity contribution >= 4 is 0 Å². The standard InChI is InChI=1S/C15H30O2/c1-3-17-15-13-11-9-7-5-4-6-8-10-12-14(15)16-2/h14-15H,3-13H2,1-2H3. The van der Waals surface area contributed by atoms with Crippen LogP contribution >= 0.6 is 0 Å². The van der Waals surface area contributed by atoms with E-state index in [2.05, 4.69) is 6.92 Å². The van der Waals surface area contributed by atoms with Gasteiger partial charge < -0.3 is 9.47 Å². The van der Waals surface area contributed by atoms with Crippen LogP contribution in [0.3, 0.4) is 0 Å². The predicted octanol–water partition coefficient (Wildman–Crippen LogP) is 4.32. The highest BCUT2D eigenvalue weighted by molar-refractivity contribution is 4.72. The van der Waals surface area contributed by atoms with Crippen LogP contribution in [0.5, 0.6) is 0 Å². The molecule has 2 nitrogen and oxygen atoms in total. The summed E-state index contributed by atoms with van der Waals surface area (Å²) in [7, 11) is 1.84. The van der Waals surface area contributed by atoms with Crippen LogP contribution < -0.4 is 0 Å². The Morgan fingerprint density at radius 3 is 1.71 bits per heavy atom. The van der Waals surface area contributed by atoms with Crippen molar-refractivity contribution in [3.63, 3.8) is 0 Å². The molecule has 0 spiro atoms. The Balaban J connectivity index is 2.42. The van der Waals surface area contributed by atoms with Crippen LogP contribution in [0, 0.1) is 0 Å². The molecule has 0 heterocycles. The maximum absolute atomic E-state index is 5.87. The average Bonchev–Trinajstić information content (AvgIpc) is 2.33. The average molecular weight is 242 g/mol. The second kappa shape index (κ2) is 9.90. The molecule has 102 valence electrons. The summed E-state index contributed by atoms with van der Waals surface area (Å²) in [6, 6.07) is 0. The van der Waals surface area contributed by atoms with Crippen LogP contribution in [0.15, 0.2) is 0 Å². The van der Waals surface area contributed by atoms with Crippen molar-refractivity contribution in [3.8, 4) is 0 Å². The van der Waals surface area contributed by atoms with Crippen molar-refractivity contribution in [2.45, 2.75) is 83.3 Å². The first-order valence-corrected chi connectivity index (χ1v) is 7.53. The largest absolute Gasteiger partial charge is 0.379 e. The van der Waals surface area contributed by atoms with Crippen molar-refractivity contribution < 1.29 is 9.47 Å². The van der Waals surface area contributed by atoms with E-state index in [4.69, 9.17) is 9.47 Å². The summed E-state index contributed by atoms with van der Waals surface area (Å²) in [5.41, 5.74) is 0. The molecule has 1 saturated carbocycles. The van der Waals surface area contributed by atoms with Gasteiger partial charge in [-0.15, -0.1) is 0 Å². The van der Waals surface area contributed by atoms with Crippen LogP contribution in [-0.4, -0.2) is 25.9 Å². The third kappa shape index (κ3) is 6.42. The smallest absolute Gasteiger partial charge is 0.0836 e. The van der Waals surface area contributed by atoms with Crippen LogP contribution in [-0.2, 0) is 9.47 Å². The van der Waals surface area contributed by atoms with Crippen molar-refractivity contribution in [3.05, 3.63) is 0 Å². The van der Waals surface area contributed by atoms with Crippen LogP contribution in [0.2, 0.25) is 0 Å². The number of hydrogen-bond donors (Lipinski definition) is 0. The first kappa shape index (κ1) is 15.0. The lowest BCUT2D eigenvalue weighted by molar-refractivity contribution is -0.0612. The van der Waals surface area contributed by atoms with Crippen molar-refractivity contribution in [2.24, 2.45) is 0 Å². The third-order valence-corrected chi connectivity index (χ3v) is 3.83. The highest BCUT2D eigenvalue weighted by atomic mass is 16.5. The van der Waals surface area contributed by atoms with Gasteiger partial charge in [-0.05, 0) is 19.8 Å². The minimum Gasteiger partial charge on any atom is -0.379 e. The molecule has 0 aromatic carbocycles. The monoisotopic (exact) mass is 242 g/mol. The fraction of sp³-hybridized carbons (Fsp3) is 1.00. The second-order valence-corrected chi connectivity index (χ2v) is 5.17. The fourth-order valence-corrected chi connectivity index (χ4v) is 2.80. The quantitative estimate of drug-likeness (QED) is 0.733. The molecule has 0 aliphatic heterocycles. The Labute approximate surface area is 107 Å². The summed E-state index contributed by atoms with van der Waals surface area (Å²) in [6.07, 6.45) is 13.9. The van der Waals surface area contributed by atoms with Crippen molar-refractivity contribution in [1.82, 2.24) is 0 Å². The van der Waals surface area contributed by atoms with E-state index in [0.29, 0.717) is 12.2 Å². The van der Waals surface area contributed by atoms with E-state index >= 15 is 0 Å². The lowest BCUT2D eigenvalue weighted by atomic mass is 9.97. The van der Waals surface area contributed by atoms with Gasteiger partial charge in [-0.1, -0.05) is 51.4 Å². The lowest BCUT2D eigenvalue weighted by Gasteiger charge is -2.26. The van der Waals surface area contributed by atoms with E-state index in [1.807, 2.05) is 7.11 Å². The van der Waals surface area contributed by atoms with Gasteiger partial charge in [-0.25, -0.2) is 0 Å². The van der Waals surface area contributed by atoms with E-state index in [9.17, 15) is 0 Å². The molecular weight excluding hydrogens is 212 g/mol. The molecule has 1 aliphatic rings. The van der Waals surface area contributed by atoms with Crippen molar-refractivity contribution in [1.29, 1.82) is 0 Å². The van der Waals surface area contributed by atoms with Gasteiger partial charge in [-0.3, -0.25) is 0 Å². The molecule has 0 bridgehead atoms. The first-order chi connectivity index (χ1) is 8.38. The molecule has 0 aromatic heterocycles. The Bertz CT molecular complexity index is 170. The van der Waals surface area contributed by atoms with E-state index in [0.717, 1.165) is 6.61 Å². The Kier molecular flexibility index (Phi) is 8.72. The van der Waals surface area contributed by atoms with E-state index < -0.39 is 0 Å². The summed E-state index contributed by atoms with van der Waals surface area (Å²) >= 11 is 0. The molecule has 0 aromatic rings. The van der Waals surface area contributed by atoms with Crippen LogP contribution in [0.25, 0.3) is 0 Å². The van der Waals surface area contributed by atoms with Gasteiger partial charge in [0.2, 0.25) is 0 Å². The molecule has 2 unspecified atom stereocenters. The van der Waals surface area contributed by atoms with E-state index in [-0.39, 0.29) is 0 Å². The van der Waals surface area contributed by atoms with Crippen LogP contribution in [0.1, 0.15) is 71.1 Å². The molecule has 0 amide bonds. The maximum atomic E-state index is 5.87. The number of methoxy groups -OCH3 is 1. The first-order valence-electron chi connectivity index (χ1n) is 7.53. The third-order valence-electron chi connectivity index (χ3n) is 3.83. The molecule has 1 aliphatic carbocycles. The SMILES string of the molecule is CCOC1CCCCCCCCCCC1OC. The van der Waals surface area contributed by atoms with Gasteiger partial charge in [0, 0.05) is 13.7 Å². The minimum absolute atomic E-state index is 0.314. The zero-order valence-corrected chi connectivity index (χ0v) is 11.7. The zero-order chi connectivity index (χ0) is 12.3. The molecule has 2 atom stereocenters. The van der Waals surface area contributed by atoms with Gasteiger partial charge in [0.05, 0.1) is 12.2 Å². The summed E-state index contributed by atoms with van der Waals surface area (Å²) in [5, 5.41) is 0. The zero-order valence-electron chi connectivity index (χ0n) is 11.7. The topological polar surface area (TPSA) is 18.5 Å². The molecule has 17 heavy (non-hydrogen) atoms. The maximum Gasteiger partial charge on any atom is 0.0836 e. The molecule has 0 N–H and O–H groups in total. The highest BCUT2D eigenvalue weighted by Gasteiger charge is 2.21. The number of ether oxygens (including phenoxy) is 2. The normalized spacial score (nSPS) is 29.3. The van der Waals surface area contributed by atoms with Gasteiger partial charge >= 0.3 is 0 Å². The Hall–Kier alpha value is -0.0800. The molecule has 1 fully saturated rings. The summed E-state index contributed by atoms with van der Waals surface area (Å²) < 4.78 is 11.5. The molecule has 1 rings (SSSR count). The fourth-order valence-electron chi connectivity index (χ4n) is 2.80. The minimum atomic E-state index is 0.314. The predicted molar refractivity (Wildman–Crippen MR) is 72.4 cm³/mol. The lowest BCUT2D eigenvalue weighted by Crippen LogP contribution is -2.31. The second-order valence-electron chi connectivity index (χ2n) is 5.17.